The van der Waals surface area contributed by atoms with Crippen LogP contribution in [0.25, 0.3) is 0 Å². The van der Waals surface area contributed by atoms with Gasteiger partial charge in [0, 0.05) is 11.3 Å². The van der Waals surface area contributed by atoms with E-state index in [9.17, 15) is 4.39 Å². The molecule has 0 saturated carbocycles. The van der Waals surface area contributed by atoms with Crippen LogP contribution in [-0.4, -0.2) is 0 Å². The van der Waals surface area contributed by atoms with Crippen LogP contribution in [0.1, 0.15) is 5.56 Å². The second-order valence-corrected chi connectivity index (χ2v) is 4.50. The van der Waals surface area contributed by atoms with Gasteiger partial charge < -0.3 is 10.5 Å². The van der Waals surface area contributed by atoms with E-state index in [0.717, 1.165) is 0 Å². The van der Waals surface area contributed by atoms with Gasteiger partial charge in [0.05, 0.1) is 10.0 Å². The molecule has 2 aromatic carbocycles. The molecule has 18 heavy (non-hydrogen) atoms. The lowest BCUT2D eigenvalue weighted by atomic mass is 10.2. The van der Waals surface area contributed by atoms with Crippen LogP contribution in [0.4, 0.5) is 10.1 Å². The molecule has 0 bridgehead atoms. The molecule has 0 spiro atoms. The summed E-state index contributed by atoms with van der Waals surface area (Å²) in [6.45, 7) is 0.0373. The number of nitrogens with two attached hydrogens (primary N) is 1. The molecule has 2 rings (SSSR count). The zero-order valence-corrected chi connectivity index (χ0v) is 10.8. The number of hydrogen-bond acceptors (Lipinski definition) is 2. The first-order valence-electron chi connectivity index (χ1n) is 5.18. The average molecular weight is 286 g/mol. The third-order valence-electron chi connectivity index (χ3n) is 2.37. The summed E-state index contributed by atoms with van der Waals surface area (Å²) in [6, 6.07) is 9.43. The summed E-state index contributed by atoms with van der Waals surface area (Å²) in [5, 5.41) is 0.775. The Morgan fingerprint density at radius 3 is 2.39 bits per heavy atom. The second-order valence-electron chi connectivity index (χ2n) is 3.69. The van der Waals surface area contributed by atoms with E-state index in [-0.39, 0.29) is 6.61 Å². The number of rotatable bonds is 3. The first-order valence-corrected chi connectivity index (χ1v) is 5.94. The van der Waals surface area contributed by atoms with Crippen LogP contribution in [0.2, 0.25) is 10.0 Å². The average Bonchev–Trinajstić information content (AvgIpc) is 2.31. The van der Waals surface area contributed by atoms with Crippen molar-refractivity contribution in [1.82, 2.24) is 0 Å². The van der Waals surface area contributed by atoms with Gasteiger partial charge in [-0.25, -0.2) is 4.39 Å². The molecule has 0 aliphatic rings. The Balaban J connectivity index is 2.16. The Bertz CT molecular complexity index is 555. The first-order chi connectivity index (χ1) is 8.58. The number of nitrogen functional groups attached to an aromatic ring is 1. The topological polar surface area (TPSA) is 35.2 Å². The highest BCUT2D eigenvalue weighted by atomic mass is 35.5. The van der Waals surface area contributed by atoms with Crippen LogP contribution in [0, 0.1) is 5.82 Å². The van der Waals surface area contributed by atoms with Crippen LogP contribution in [0.15, 0.2) is 36.4 Å². The number of ether oxygens (including phenoxy) is 1. The van der Waals surface area contributed by atoms with Crippen LogP contribution < -0.4 is 10.5 Å². The smallest absolute Gasteiger partial charge is 0.156 e. The molecule has 5 heteroatoms. The van der Waals surface area contributed by atoms with Crippen molar-refractivity contribution in [2.45, 2.75) is 6.61 Å². The molecule has 94 valence electrons. The van der Waals surface area contributed by atoms with Crippen molar-refractivity contribution in [2.24, 2.45) is 0 Å². The van der Waals surface area contributed by atoms with Crippen molar-refractivity contribution in [2.75, 3.05) is 5.73 Å². The summed E-state index contributed by atoms with van der Waals surface area (Å²) in [4.78, 5) is 0. The number of para-hydroxylation sites is 1. The molecule has 2 aromatic rings. The summed E-state index contributed by atoms with van der Waals surface area (Å²) in [5.41, 5.74) is 6.22. The van der Waals surface area contributed by atoms with Crippen molar-refractivity contribution >= 4 is 28.9 Å². The van der Waals surface area contributed by atoms with Gasteiger partial charge in [0.15, 0.2) is 5.75 Å². The van der Waals surface area contributed by atoms with Gasteiger partial charge in [-0.15, -0.1) is 0 Å². The van der Waals surface area contributed by atoms with Crippen LogP contribution in [0.3, 0.4) is 0 Å². The van der Waals surface area contributed by atoms with Gasteiger partial charge in [0.25, 0.3) is 0 Å². The Labute approximate surface area is 114 Å². The minimum absolute atomic E-state index is 0.0373. The van der Waals surface area contributed by atoms with Gasteiger partial charge in [-0.3, -0.25) is 0 Å². The van der Waals surface area contributed by atoms with Crippen LogP contribution in [0.5, 0.6) is 5.75 Å². The maximum absolute atomic E-state index is 13.5. The molecule has 0 unspecified atom stereocenters. The van der Waals surface area contributed by atoms with E-state index in [2.05, 4.69) is 0 Å². The van der Waals surface area contributed by atoms with Gasteiger partial charge in [-0.2, -0.15) is 0 Å². The Hall–Kier alpha value is -1.45. The lowest BCUT2D eigenvalue weighted by Crippen LogP contribution is -2.00. The maximum atomic E-state index is 13.5. The second kappa shape index (κ2) is 5.46. The summed E-state index contributed by atoms with van der Waals surface area (Å²) >= 11 is 11.9. The number of anilines is 1. The molecular formula is C13H10Cl2FNO. The fourth-order valence-corrected chi connectivity index (χ4v) is 1.96. The lowest BCUT2D eigenvalue weighted by molar-refractivity contribution is 0.300. The predicted molar refractivity (Wildman–Crippen MR) is 71.6 cm³/mol. The molecule has 0 heterocycles. The van der Waals surface area contributed by atoms with Crippen LogP contribution in [-0.2, 0) is 6.61 Å². The molecule has 0 saturated heterocycles. The molecule has 0 amide bonds. The fourth-order valence-electron chi connectivity index (χ4n) is 1.45. The Kier molecular flexibility index (Phi) is 3.94. The quantitative estimate of drug-likeness (QED) is 0.854. The van der Waals surface area contributed by atoms with Gasteiger partial charge in [-0.1, -0.05) is 35.3 Å². The van der Waals surface area contributed by atoms with E-state index < -0.39 is 5.82 Å². The Morgan fingerprint density at radius 1 is 1.11 bits per heavy atom. The van der Waals surface area contributed by atoms with Crippen molar-refractivity contribution in [3.8, 4) is 5.75 Å². The zero-order chi connectivity index (χ0) is 13.1. The molecule has 0 aliphatic heterocycles. The minimum Gasteiger partial charge on any atom is -0.486 e. The predicted octanol–water partition coefficient (Wildman–Crippen LogP) is 4.29. The lowest BCUT2D eigenvalue weighted by Gasteiger charge is -2.10. The zero-order valence-electron chi connectivity index (χ0n) is 9.29. The van der Waals surface area contributed by atoms with Gasteiger partial charge in [0.2, 0.25) is 0 Å². The highest BCUT2D eigenvalue weighted by Crippen LogP contribution is 2.33. The molecule has 0 aliphatic carbocycles. The first kappa shape index (κ1) is 13.0. The SMILES string of the molecule is Nc1ccc(COc2c(Cl)cccc2Cl)c(F)c1. The summed E-state index contributed by atoms with van der Waals surface area (Å²) in [6.07, 6.45) is 0. The van der Waals surface area contributed by atoms with E-state index in [1.807, 2.05) is 0 Å². The molecular weight excluding hydrogens is 276 g/mol. The van der Waals surface area contributed by atoms with Crippen molar-refractivity contribution in [3.05, 3.63) is 57.8 Å². The van der Waals surface area contributed by atoms with Crippen LogP contribution >= 0.6 is 23.2 Å². The maximum Gasteiger partial charge on any atom is 0.156 e. The van der Waals surface area contributed by atoms with E-state index in [0.29, 0.717) is 27.0 Å². The molecule has 0 radical (unpaired) electrons. The van der Waals surface area contributed by atoms with Crippen molar-refractivity contribution in [3.63, 3.8) is 0 Å². The van der Waals surface area contributed by atoms with E-state index in [4.69, 9.17) is 33.7 Å². The molecule has 0 aromatic heterocycles. The number of benzene rings is 2. The third kappa shape index (κ3) is 2.86. The molecule has 0 atom stereocenters. The highest BCUT2D eigenvalue weighted by molar-refractivity contribution is 6.37. The fraction of sp³-hybridized carbons (Fsp3) is 0.0769. The van der Waals surface area contributed by atoms with E-state index >= 15 is 0 Å². The summed E-state index contributed by atoms with van der Waals surface area (Å²) in [7, 11) is 0. The van der Waals surface area contributed by atoms with Gasteiger partial charge >= 0.3 is 0 Å². The van der Waals surface area contributed by atoms with E-state index in [1.54, 1.807) is 30.3 Å². The third-order valence-corrected chi connectivity index (χ3v) is 2.96. The van der Waals surface area contributed by atoms with Crippen molar-refractivity contribution in [1.29, 1.82) is 0 Å². The van der Waals surface area contributed by atoms with Crippen molar-refractivity contribution < 1.29 is 9.13 Å². The highest BCUT2D eigenvalue weighted by Gasteiger charge is 2.09. The number of halogens is 3. The minimum atomic E-state index is -0.418. The summed E-state index contributed by atoms with van der Waals surface area (Å²) < 4.78 is 19.0. The summed E-state index contributed by atoms with van der Waals surface area (Å²) in [5.74, 6) is -0.0739. The largest absolute Gasteiger partial charge is 0.486 e. The standard InChI is InChI=1S/C13H10Cl2FNO/c14-10-2-1-3-11(15)13(10)18-7-8-4-5-9(17)6-12(8)16/h1-6H,7,17H2. The number of hydrogen-bond donors (Lipinski definition) is 1. The Morgan fingerprint density at radius 2 is 1.78 bits per heavy atom. The van der Waals surface area contributed by atoms with Gasteiger partial charge in [0.1, 0.15) is 12.4 Å². The van der Waals surface area contributed by atoms with E-state index in [1.165, 1.54) is 6.07 Å². The molecule has 2 nitrogen and oxygen atoms in total. The van der Waals surface area contributed by atoms with Gasteiger partial charge in [-0.05, 0) is 24.3 Å². The normalized spacial score (nSPS) is 10.4. The monoisotopic (exact) mass is 285 g/mol. The molecule has 2 N–H and O–H groups in total. The molecule has 0 fully saturated rings.